The number of carbonyl (C=O) groups is 1. The van der Waals surface area contributed by atoms with Gasteiger partial charge in [0.25, 0.3) is 5.91 Å². The Morgan fingerprint density at radius 3 is 2.46 bits per heavy atom. The lowest BCUT2D eigenvalue weighted by Gasteiger charge is -2.44. The molecule has 0 radical (unpaired) electrons. The maximum absolute atomic E-state index is 13.7. The predicted octanol–water partition coefficient (Wildman–Crippen LogP) is 5.95. The van der Waals surface area contributed by atoms with Crippen molar-refractivity contribution in [2.24, 2.45) is 17.8 Å². The molecule has 3 aromatic carbocycles. The predicted molar refractivity (Wildman–Crippen MR) is 147 cm³/mol. The van der Waals surface area contributed by atoms with Gasteiger partial charge in [0.15, 0.2) is 0 Å². The number of hydrogen-bond donors (Lipinski definition) is 1. The fourth-order valence-corrected chi connectivity index (χ4v) is 7.83. The molecule has 0 spiro atoms. The lowest BCUT2D eigenvalue weighted by Crippen LogP contribution is -2.49. The number of nitrogens with one attached hydrogen (secondary N) is 1. The quantitative estimate of drug-likeness (QED) is 0.488. The summed E-state index contributed by atoms with van der Waals surface area (Å²) in [5.41, 5.74) is 5.94. The Morgan fingerprint density at radius 1 is 0.892 bits per heavy atom. The maximum atomic E-state index is 13.7. The number of rotatable bonds is 4. The summed E-state index contributed by atoms with van der Waals surface area (Å²) < 4.78 is 5.56. The van der Waals surface area contributed by atoms with E-state index in [1.165, 1.54) is 36.1 Å². The fourth-order valence-electron chi connectivity index (χ4n) is 7.83. The van der Waals surface area contributed by atoms with E-state index in [9.17, 15) is 4.79 Å². The topological polar surface area (TPSA) is 44.8 Å². The number of piperazine rings is 1. The van der Waals surface area contributed by atoms with Gasteiger partial charge >= 0.3 is 0 Å². The SMILES string of the molecule is COc1ccccc1N1CCN(C(=O)c2ccc3c(c2)C2C4CCC(C4)C2C(c2ccccc2)N3)CC1. The van der Waals surface area contributed by atoms with E-state index in [2.05, 4.69) is 58.7 Å². The summed E-state index contributed by atoms with van der Waals surface area (Å²) in [6.45, 7) is 3.07. The van der Waals surface area contributed by atoms with Gasteiger partial charge in [-0.25, -0.2) is 0 Å². The molecule has 2 bridgehead atoms. The van der Waals surface area contributed by atoms with E-state index in [0.29, 0.717) is 17.9 Å². The van der Waals surface area contributed by atoms with Crippen molar-refractivity contribution < 1.29 is 9.53 Å². The Kier molecular flexibility index (Phi) is 5.60. The van der Waals surface area contributed by atoms with Crippen LogP contribution in [0.1, 0.15) is 52.7 Å². The molecule has 5 unspecified atom stereocenters. The first-order chi connectivity index (χ1) is 18.2. The van der Waals surface area contributed by atoms with Crippen LogP contribution in [0.15, 0.2) is 72.8 Å². The van der Waals surface area contributed by atoms with Gasteiger partial charge in [0.1, 0.15) is 5.75 Å². The average Bonchev–Trinajstić information content (AvgIpc) is 3.60. The number of amides is 1. The van der Waals surface area contributed by atoms with E-state index in [1.54, 1.807) is 7.11 Å². The zero-order valence-electron chi connectivity index (χ0n) is 21.5. The second-order valence-corrected chi connectivity index (χ2v) is 11.2. The van der Waals surface area contributed by atoms with Crippen LogP contribution in [0.3, 0.4) is 0 Å². The molecule has 1 saturated heterocycles. The van der Waals surface area contributed by atoms with Crippen molar-refractivity contribution >= 4 is 17.3 Å². The van der Waals surface area contributed by atoms with Crippen molar-refractivity contribution in [3.8, 4) is 5.75 Å². The maximum Gasteiger partial charge on any atom is 0.253 e. The third-order valence-corrected chi connectivity index (χ3v) is 9.49. The van der Waals surface area contributed by atoms with Crippen LogP contribution in [0.25, 0.3) is 0 Å². The zero-order valence-corrected chi connectivity index (χ0v) is 21.5. The molecule has 7 rings (SSSR count). The Labute approximate surface area is 219 Å². The van der Waals surface area contributed by atoms with Gasteiger partial charge in [0.2, 0.25) is 0 Å². The first-order valence-corrected chi connectivity index (χ1v) is 13.8. The minimum Gasteiger partial charge on any atom is -0.495 e. The number of nitrogens with zero attached hydrogens (tertiary/aromatic N) is 2. The Bertz CT molecular complexity index is 1300. The molecule has 2 heterocycles. The minimum atomic E-state index is 0.160. The molecule has 5 nitrogen and oxygen atoms in total. The van der Waals surface area contributed by atoms with E-state index >= 15 is 0 Å². The van der Waals surface area contributed by atoms with Gasteiger partial charge in [0, 0.05) is 37.4 Å². The molecule has 37 heavy (non-hydrogen) atoms. The number of fused-ring (bicyclic) bond motifs is 7. The fraction of sp³-hybridized carbons (Fsp3) is 0.406. The van der Waals surface area contributed by atoms with Crippen molar-refractivity contribution in [2.45, 2.75) is 31.2 Å². The van der Waals surface area contributed by atoms with Gasteiger partial charge in [-0.1, -0.05) is 42.5 Å². The summed E-state index contributed by atoms with van der Waals surface area (Å²) in [5.74, 6) is 3.74. The molecule has 2 aliphatic carbocycles. The highest BCUT2D eigenvalue weighted by molar-refractivity contribution is 5.95. The summed E-state index contributed by atoms with van der Waals surface area (Å²) in [7, 11) is 1.71. The van der Waals surface area contributed by atoms with Crippen LogP contribution >= 0.6 is 0 Å². The molecular weight excluding hydrogens is 458 g/mol. The Morgan fingerprint density at radius 2 is 1.65 bits per heavy atom. The number of methoxy groups -OCH3 is 1. The van der Waals surface area contributed by atoms with Crippen LogP contribution in [0, 0.1) is 17.8 Å². The monoisotopic (exact) mass is 493 g/mol. The van der Waals surface area contributed by atoms with Gasteiger partial charge in [-0.15, -0.1) is 0 Å². The second kappa shape index (κ2) is 9.13. The molecule has 3 fully saturated rings. The number of carbonyl (C=O) groups excluding carboxylic acids is 1. The summed E-state index contributed by atoms with van der Waals surface area (Å²) in [4.78, 5) is 18.0. The third-order valence-electron chi connectivity index (χ3n) is 9.49. The first kappa shape index (κ1) is 22.7. The smallest absolute Gasteiger partial charge is 0.253 e. The largest absolute Gasteiger partial charge is 0.495 e. The number of anilines is 2. The highest BCUT2D eigenvalue weighted by Crippen LogP contribution is 2.63. The average molecular weight is 494 g/mol. The molecule has 1 amide bonds. The molecule has 5 atom stereocenters. The number of para-hydroxylation sites is 2. The third kappa shape index (κ3) is 3.78. The first-order valence-electron chi connectivity index (χ1n) is 13.8. The molecular formula is C32H35N3O2. The van der Waals surface area contributed by atoms with Crippen molar-refractivity contribution in [1.29, 1.82) is 0 Å². The van der Waals surface area contributed by atoms with Gasteiger partial charge in [0.05, 0.1) is 18.8 Å². The standard InChI is InChI=1S/C32H35N3O2/c1-37-28-10-6-5-9-27(28)34-15-17-35(18-16-34)32(36)24-13-14-26-25(20-24)29-22-11-12-23(19-22)30(29)31(33-26)21-7-3-2-4-8-21/h2-10,13-14,20,22-23,29-31,33H,11-12,15-19H2,1H3. The zero-order chi connectivity index (χ0) is 24.9. The molecule has 2 saturated carbocycles. The van der Waals surface area contributed by atoms with Crippen molar-refractivity contribution in [1.82, 2.24) is 4.90 Å². The van der Waals surface area contributed by atoms with Crippen LogP contribution in [-0.4, -0.2) is 44.1 Å². The minimum absolute atomic E-state index is 0.160. The Balaban J connectivity index is 1.12. The van der Waals surface area contributed by atoms with Gasteiger partial charge < -0.3 is 19.9 Å². The van der Waals surface area contributed by atoms with Crippen molar-refractivity contribution in [3.63, 3.8) is 0 Å². The summed E-state index contributed by atoms with van der Waals surface area (Å²) in [6.07, 6.45) is 4.01. The summed E-state index contributed by atoms with van der Waals surface area (Å²) in [5, 5.41) is 3.91. The van der Waals surface area contributed by atoms with Crippen LogP contribution < -0.4 is 15.0 Å². The molecule has 5 heteroatoms. The lowest BCUT2D eigenvalue weighted by molar-refractivity contribution is 0.0746. The van der Waals surface area contributed by atoms with E-state index in [1.807, 2.05) is 29.2 Å². The van der Waals surface area contributed by atoms with E-state index in [-0.39, 0.29) is 5.91 Å². The molecule has 1 N–H and O–H groups in total. The highest BCUT2D eigenvalue weighted by Gasteiger charge is 2.53. The van der Waals surface area contributed by atoms with Gasteiger partial charge in [-0.05, 0) is 84.4 Å². The number of hydrogen-bond acceptors (Lipinski definition) is 4. The molecule has 2 aliphatic heterocycles. The van der Waals surface area contributed by atoms with Gasteiger partial charge in [-0.3, -0.25) is 4.79 Å². The molecule has 190 valence electrons. The van der Waals surface area contributed by atoms with Crippen LogP contribution in [-0.2, 0) is 0 Å². The van der Waals surface area contributed by atoms with Gasteiger partial charge in [-0.2, -0.15) is 0 Å². The normalized spacial score (nSPS) is 27.9. The van der Waals surface area contributed by atoms with Crippen molar-refractivity contribution in [2.75, 3.05) is 43.5 Å². The van der Waals surface area contributed by atoms with Crippen LogP contribution in [0.4, 0.5) is 11.4 Å². The molecule has 4 aliphatic rings. The summed E-state index contributed by atoms with van der Waals surface area (Å²) >= 11 is 0. The van der Waals surface area contributed by atoms with E-state index < -0.39 is 0 Å². The van der Waals surface area contributed by atoms with Crippen LogP contribution in [0.2, 0.25) is 0 Å². The Hall–Kier alpha value is -3.47. The van der Waals surface area contributed by atoms with E-state index in [4.69, 9.17) is 4.74 Å². The van der Waals surface area contributed by atoms with E-state index in [0.717, 1.165) is 55.0 Å². The second-order valence-electron chi connectivity index (χ2n) is 11.2. The molecule has 0 aromatic heterocycles. The molecule has 3 aromatic rings. The summed E-state index contributed by atoms with van der Waals surface area (Å²) in [6, 6.07) is 25.9. The van der Waals surface area contributed by atoms with Crippen molar-refractivity contribution in [3.05, 3.63) is 89.5 Å². The number of ether oxygens (including phenoxy) is 1. The lowest BCUT2D eigenvalue weighted by atomic mass is 9.68. The van der Waals surface area contributed by atoms with Crippen LogP contribution in [0.5, 0.6) is 5.75 Å². The highest BCUT2D eigenvalue weighted by atomic mass is 16.5. The number of benzene rings is 3.